The lowest BCUT2D eigenvalue weighted by molar-refractivity contribution is -0.137. The highest BCUT2D eigenvalue weighted by molar-refractivity contribution is 5.95. The van der Waals surface area contributed by atoms with Crippen molar-refractivity contribution in [1.82, 2.24) is 21.3 Å². The number of carbonyl (C=O) groups excluding carboxylic acids is 4. The van der Waals surface area contributed by atoms with Gasteiger partial charge < -0.3 is 26.4 Å². The maximum absolute atomic E-state index is 13.4. The molecular weight excluding hydrogens is 476 g/mol. The number of rotatable bonds is 8. The number of allylic oxidation sites excluding steroid dienone is 1. The van der Waals surface area contributed by atoms with Gasteiger partial charge in [0.2, 0.25) is 23.6 Å². The van der Waals surface area contributed by atoms with Crippen molar-refractivity contribution in [2.45, 2.75) is 77.5 Å². The van der Waals surface area contributed by atoms with Crippen LogP contribution in [0.4, 0.5) is 0 Å². The van der Waals surface area contributed by atoms with Gasteiger partial charge in [-0.2, -0.15) is 0 Å². The van der Waals surface area contributed by atoms with Crippen LogP contribution in [0, 0.1) is 11.8 Å². The summed E-state index contributed by atoms with van der Waals surface area (Å²) < 4.78 is 0. The second kappa shape index (κ2) is 14.2. The highest BCUT2D eigenvalue weighted by Crippen LogP contribution is 2.14. The number of carboxylic acid groups (broad SMARTS) is 1. The van der Waals surface area contributed by atoms with E-state index < -0.39 is 59.7 Å². The van der Waals surface area contributed by atoms with Crippen LogP contribution in [-0.4, -0.2) is 58.9 Å². The highest BCUT2D eigenvalue weighted by Gasteiger charge is 2.34. The van der Waals surface area contributed by atoms with Crippen LogP contribution < -0.4 is 21.3 Å². The normalized spacial score (nSPS) is 25.8. The molecule has 1 saturated heterocycles. The van der Waals surface area contributed by atoms with E-state index in [1.807, 2.05) is 30.3 Å². The number of benzene rings is 1. The Hall–Kier alpha value is -3.69. The number of carboxylic acids is 1. The van der Waals surface area contributed by atoms with Crippen LogP contribution in [0.15, 0.2) is 42.5 Å². The fourth-order valence-corrected chi connectivity index (χ4v) is 3.97. The Morgan fingerprint density at radius 1 is 0.892 bits per heavy atom. The first-order valence-electron chi connectivity index (χ1n) is 12.6. The van der Waals surface area contributed by atoms with Crippen LogP contribution in [0.3, 0.4) is 0 Å². The summed E-state index contributed by atoms with van der Waals surface area (Å²) in [6.07, 6.45) is 4.20. The van der Waals surface area contributed by atoms with E-state index in [9.17, 15) is 24.0 Å². The minimum Gasteiger partial charge on any atom is -0.481 e. The van der Waals surface area contributed by atoms with Gasteiger partial charge in [0.25, 0.3) is 0 Å². The molecule has 0 aliphatic carbocycles. The molecule has 1 fully saturated rings. The quantitative estimate of drug-likeness (QED) is 0.330. The van der Waals surface area contributed by atoms with E-state index in [-0.39, 0.29) is 25.2 Å². The van der Waals surface area contributed by atoms with Gasteiger partial charge in [-0.1, -0.05) is 63.3 Å². The molecule has 37 heavy (non-hydrogen) atoms. The number of hydrogen-bond acceptors (Lipinski definition) is 5. The van der Waals surface area contributed by atoms with Crippen molar-refractivity contribution in [3.8, 4) is 0 Å². The lowest BCUT2D eigenvalue weighted by Crippen LogP contribution is -2.56. The fraction of sp³-hybridized carbons (Fsp3) is 0.519. The summed E-state index contributed by atoms with van der Waals surface area (Å²) >= 11 is 0. The molecule has 0 bridgehead atoms. The Morgan fingerprint density at radius 2 is 1.57 bits per heavy atom. The molecule has 1 heterocycles. The second-order valence-electron chi connectivity index (χ2n) is 9.75. The Labute approximate surface area is 217 Å². The van der Waals surface area contributed by atoms with E-state index in [0.717, 1.165) is 5.56 Å². The van der Waals surface area contributed by atoms with Crippen LogP contribution >= 0.6 is 0 Å². The highest BCUT2D eigenvalue weighted by atomic mass is 16.4. The zero-order valence-corrected chi connectivity index (χ0v) is 21.8. The number of carbonyl (C=O) groups is 5. The van der Waals surface area contributed by atoms with Crippen molar-refractivity contribution in [3.63, 3.8) is 0 Å². The van der Waals surface area contributed by atoms with E-state index in [4.69, 9.17) is 5.11 Å². The third-order valence-corrected chi connectivity index (χ3v) is 6.34. The third-order valence-electron chi connectivity index (χ3n) is 6.34. The molecule has 5 atom stereocenters. The average Bonchev–Trinajstić information content (AvgIpc) is 2.84. The lowest BCUT2D eigenvalue weighted by atomic mass is 9.94. The van der Waals surface area contributed by atoms with Crippen LogP contribution in [0.1, 0.15) is 52.5 Å². The van der Waals surface area contributed by atoms with E-state index in [1.54, 1.807) is 32.9 Å². The molecule has 10 heteroatoms. The Balaban J connectivity index is 2.38. The molecule has 1 aromatic rings. The first kappa shape index (κ1) is 29.5. The minimum absolute atomic E-state index is 0.0297. The van der Waals surface area contributed by atoms with Crippen LogP contribution in [0.2, 0.25) is 0 Å². The maximum atomic E-state index is 13.4. The molecule has 1 aliphatic rings. The van der Waals surface area contributed by atoms with E-state index in [2.05, 4.69) is 21.3 Å². The largest absolute Gasteiger partial charge is 0.481 e. The van der Waals surface area contributed by atoms with Gasteiger partial charge in [0.15, 0.2) is 0 Å². The predicted octanol–water partition coefficient (Wildman–Crippen LogP) is 1.31. The molecule has 1 aromatic carbocycles. The molecule has 2 rings (SSSR count). The van der Waals surface area contributed by atoms with Gasteiger partial charge in [-0.05, 0) is 31.2 Å². The van der Waals surface area contributed by atoms with E-state index in [0.29, 0.717) is 6.42 Å². The van der Waals surface area contributed by atoms with Gasteiger partial charge in [-0.25, -0.2) is 0 Å². The van der Waals surface area contributed by atoms with Crippen molar-refractivity contribution in [3.05, 3.63) is 48.0 Å². The van der Waals surface area contributed by atoms with Gasteiger partial charge in [0, 0.05) is 18.9 Å². The first-order valence-corrected chi connectivity index (χ1v) is 12.6. The monoisotopic (exact) mass is 514 g/mol. The number of amides is 4. The predicted molar refractivity (Wildman–Crippen MR) is 138 cm³/mol. The average molecular weight is 515 g/mol. The molecule has 5 N–H and O–H groups in total. The van der Waals surface area contributed by atoms with Gasteiger partial charge >= 0.3 is 5.97 Å². The van der Waals surface area contributed by atoms with Crippen molar-refractivity contribution in [1.29, 1.82) is 0 Å². The molecule has 0 unspecified atom stereocenters. The van der Waals surface area contributed by atoms with Crippen molar-refractivity contribution < 1.29 is 29.1 Å². The number of nitrogens with one attached hydrogen (secondary N) is 4. The fourth-order valence-electron chi connectivity index (χ4n) is 3.97. The van der Waals surface area contributed by atoms with E-state index in [1.165, 1.54) is 6.92 Å². The Bertz CT molecular complexity index is 994. The minimum atomic E-state index is -0.940. The summed E-state index contributed by atoms with van der Waals surface area (Å²) in [4.78, 5) is 63.2. The Morgan fingerprint density at radius 3 is 2.19 bits per heavy atom. The number of hydrogen-bond donors (Lipinski definition) is 5. The molecule has 0 saturated carbocycles. The SMILES string of the molecule is CC(C)[C@H]1NC(=O)[C@@H](C)[C@@H](C/C=C\CCC(=O)O)NC(=O)[C@@H](Cc2ccccc2)NC(=O)[C@@H](C)NC1=O. The lowest BCUT2D eigenvalue weighted by Gasteiger charge is -2.28. The van der Waals surface area contributed by atoms with Gasteiger partial charge in [0.1, 0.15) is 18.1 Å². The summed E-state index contributed by atoms with van der Waals surface area (Å²) in [6.45, 7) is 6.77. The standard InChI is InChI=1S/C27H38N4O6/c1-16(2)23-27(37)28-18(4)25(35)30-21(15-19-11-7-5-8-12-19)26(36)29-20(17(3)24(34)31-23)13-9-6-10-14-22(32)33/h5-9,11-12,16-18,20-21,23H,10,13-15H2,1-4H3,(H,28,37)(H,29,36)(H,30,35)(H,31,34)(H,32,33)/b9-6-/t17-,18+,20+,21+,23+/m0/s1. The van der Waals surface area contributed by atoms with E-state index >= 15 is 0 Å². The molecule has 0 aromatic heterocycles. The number of aliphatic carboxylic acids is 1. The molecule has 10 nitrogen and oxygen atoms in total. The molecule has 0 radical (unpaired) electrons. The van der Waals surface area contributed by atoms with Crippen molar-refractivity contribution in [2.24, 2.45) is 11.8 Å². The van der Waals surface area contributed by atoms with Crippen molar-refractivity contribution in [2.75, 3.05) is 0 Å². The van der Waals surface area contributed by atoms with Crippen LogP contribution in [0.25, 0.3) is 0 Å². The smallest absolute Gasteiger partial charge is 0.303 e. The summed E-state index contributed by atoms with van der Waals surface area (Å²) in [6, 6.07) is 5.82. The second-order valence-corrected chi connectivity index (χ2v) is 9.75. The summed E-state index contributed by atoms with van der Waals surface area (Å²) in [5.41, 5.74) is 0.833. The summed E-state index contributed by atoms with van der Waals surface area (Å²) in [7, 11) is 0. The van der Waals surface area contributed by atoms with Crippen molar-refractivity contribution >= 4 is 29.6 Å². The van der Waals surface area contributed by atoms with Gasteiger partial charge in [0.05, 0.1) is 5.92 Å². The zero-order valence-electron chi connectivity index (χ0n) is 21.8. The summed E-state index contributed by atoms with van der Waals surface area (Å²) in [5, 5.41) is 19.9. The van der Waals surface area contributed by atoms with Crippen LogP contribution in [0.5, 0.6) is 0 Å². The molecule has 0 spiro atoms. The first-order chi connectivity index (χ1) is 17.5. The zero-order chi connectivity index (χ0) is 27.5. The maximum Gasteiger partial charge on any atom is 0.303 e. The molecule has 202 valence electrons. The summed E-state index contributed by atoms with van der Waals surface area (Å²) in [5.74, 6) is -3.75. The third kappa shape index (κ3) is 9.36. The van der Waals surface area contributed by atoms with Gasteiger partial charge in [-0.3, -0.25) is 24.0 Å². The molecular formula is C27H38N4O6. The topological polar surface area (TPSA) is 154 Å². The molecule has 4 amide bonds. The van der Waals surface area contributed by atoms with Gasteiger partial charge in [-0.15, -0.1) is 0 Å². The molecule has 1 aliphatic heterocycles. The Kier molecular flexibility index (Phi) is 11.3. The van der Waals surface area contributed by atoms with Crippen LogP contribution in [-0.2, 0) is 30.4 Å².